The Morgan fingerprint density at radius 3 is 1.89 bits per heavy atom. The number of carbonyl (C=O) groups excluding carboxylic acids is 1. The molecule has 1 aliphatic carbocycles. The van der Waals surface area contributed by atoms with E-state index in [1.807, 2.05) is 12.1 Å². The highest BCUT2D eigenvalue weighted by molar-refractivity contribution is 5.75. The van der Waals surface area contributed by atoms with Crippen molar-refractivity contribution in [3.8, 4) is 28.0 Å². The highest BCUT2D eigenvalue weighted by atomic mass is 19.2. The molecule has 3 aromatic carbocycles. The smallest absolute Gasteiger partial charge is 0.347 e. The number of ether oxygens (including phenoxy) is 2. The van der Waals surface area contributed by atoms with Crippen molar-refractivity contribution in [3.63, 3.8) is 0 Å². The van der Waals surface area contributed by atoms with Crippen molar-refractivity contribution in [2.45, 2.75) is 58.5 Å². The number of rotatable bonds is 7. The quantitative estimate of drug-likeness (QED) is 0.324. The van der Waals surface area contributed by atoms with E-state index < -0.39 is 23.7 Å². The van der Waals surface area contributed by atoms with Crippen molar-refractivity contribution in [2.24, 2.45) is 5.92 Å². The van der Waals surface area contributed by atoms with E-state index in [4.69, 9.17) is 9.47 Å². The molecule has 0 heterocycles. The normalized spacial score (nSPS) is 18.7. The Balaban J connectivity index is 1.49. The zero-order valence-corrected chi connectivity index (χ0v) is 20.5. The highest BCUT2D eigenvalue weighted by Crippen LogP contribution is 2.37. The first-order chi connectivity index (χ1) is 16.9. The Morgan fingerprint density at radius 2 is 1.37 bits per heavy atom. The second kappa shape index (κ2) is 11.0. The molecule has 1 unspecified atom stereocenters. The lowest BCUT2D eigenvalue weighted by atomic mass is 9.79. The molecule has 0 N–H and O–H groups in total. The lowest BCUT2D eigenvalue weighted by molar-refractivity contribution is -0.150. The molecule has 3 aromatic rings. The number of hydrogen-bond donors (Lipinski definition) is 0. The standard InChI is InChI=1S/C30H32F2O3/c1-4-34-30(33)20(3)35-25-15-13-24(14-16-25)27-18-17-26(28(31)29(27)32)23-11-9-22(10-12-23)21-7-5-19(2)6-8-21/h9-21H,4-8H2,1-3H3. The Labute approximate surface area is 206 Å². The van der Waals surface area contributed by atoms with E-state index in [0.717, 1.165) is 5.92 Å². The molecule has 0 aliphatic heterocycles. The predicted octanol–water partition coefficient (Wildman–Crippen LogP) is 7.92. The zero-order chi connectivity index (χ0) is 24.9. The molecule has 0 spiro atoms. The van der Waals surface area contributed by atoms with Crippen LogP contribution >= 0.6 is 0 Å². The summed E-state index contributed by atoms with van der Waals surface area (Å²) < 4.78 is 40.7. The SMILES string of the molecule is CCOC(=O)C(C)Oc1ccc(-c2ccc(-c3ccc(C4CCC(C)CC4)cc3)c(F)c2F)cc1. The number of benzene rings is 3. The monoisotopic (exact) mass is 478 g/mol. The van der Waals surface area contributed by atoms with E-state index in [9.17, 15) is 4.79 Å². The van der Waals surface area contributed by atoms with Crippen LogP contribution in [0.5, 0.6) is 5.75 Å². The maximum Gasteiger partial charge on any atom is 0.347 e. The maximum absolute atomic E-state index is 15.1. The molecule has 0 saturated heterocycles. The average molecular weight is 479 g/mol. The summed E-state index contributed by atoms with van der Waals surface area (Å²) >= 11 is 0. The summed E-state index contributed by atoms with van der Waals surface area (Å²) in [5.41, 5.74) is 2.88. The lowest BCUT2D eigenvalue weighted by Gasteiger charge is -2.26. The van der Waals surface area contributed by atoms with Crippen molar-refractivity contribution in [3.05, 3.63) is 77.9 Å². The zero-order valence-electron chi connectivity index (χ0n) is 20.5. The predicted molar refractivity (Wildman–Crippen MR) is 134 cm³/mol. The fraction of sp³-hybridized carbons (Fsp3) is 0.367. The summed E-state index contributed by atoms with van der Waals surface area (Å²) in [4.78, 5) is 11.7. The summed E-state index contributed by atoms with van der Waals surface area (Å²) in [7, 11) is 0. The van der Waals surface area contributed by atoms with Crippen LogP contribution in [0.15, 0.2) is 60.7 Å². The topological polar surface area (TPSA) is 35.5 Å². The Bertz CT molecular complexity index is 1150. The Morgan fingerprint density at radius 1 is 0.857 bits per heavy atom. The van der Waals surface area contributed by atoms with Gasteiger partial charge in [-0.2, -0.15) is 0 Å². The third kappa shape index (κ3) is 5.72. The fourth-order valence-corrected chi connectivity index (χ4v) is 4.75. The second-order valence-corrected chi connectivity index (χ2v) is 9.40. The van der Waals surface area contributed by atoms with Gasteiger partial charge in [-0.3, -0.25) is 0 Å². The van der Waals surface area contributed by atoms with Crippen LogP contribution < -0.4 is 4.74 Å². The van der Waals surface area contributed by atoms with Gasteiger partial charge in [-0.15, -0.1) is 0 Å². The van der Waals surface area contributed by atoms with Crippen molar-refractivity contribution in [2.75, 3.05) is 6.61 Å². The molecule has 3 nitrogen and oxygen atoms in total. The summed E-state index contributed by atoms with van der Waals surface area (Å²) in [5.74, 6) is -0.421. The van der Waals surface area contributed by atoms with Crippen molar-refractivity contribution < 1.29 is 23.0 Å². The molecule has 0 bridgehead atoms. The average Bonchev–Trinajstić information content (AvgIpc) is 2.87. The molecule has 4 rings (SSSR count). The molecule has 0 aromatic heterocycles. The molecule has 0 radical (unpaired) electrons. The van der Waals surface area contributed by atoms with E-state index in [2.05, 4.69) is 19.1 Å². The Hall–Kier alpha value is -3.21. The first-order valence-electron chi connectivity index (χ1n) is 12.4. The number of halogens is 2. The van der Waals surface area contributed by atoms with Crippen molar-refractivity contribution in [1.29, 1.82) is 0 Å². The van der Waals surface area contributed by atoms with Crippen LogP contribution in [0.4, 0.5) is 8.78 Å². The van der Waals surface area contributed by atoms with E-state index >= 15 is 8.78 Å². The van der Waals surface area contributed by atoms with E-state index in [-0.39, 0.29) is 17.7 Å². The van der Waals surface area contributed by atoms with Gasteiger partial charge in [0, 0.05) is 11.1 Å². The van der Waals surface area contributed by atoms with Crippen LogP contribution in [0.1, 0.15) is 57.9 Å². The largest absolute Gasteiger partial charge is 0.479 e. The van der Waals surface area contributed by atoms with E-state index in [1.54, 1.807) is 50.2 Å². The van der Waals surface area contributed by atoms with Gasteiger partial charge in [0.1, 0.15) is 5.75 Å². The van der Waals surface area contributed by atoms with Crippen LogP contribution in [0.25, 0.3) is 22.3 Å². The molecule has 184 valence electrons. The van der Waals surface area contributed by atoms with Gasteiger partial charge in [-0.1, -0.05) is 68.3 Å². The van der Waals surface area contributed by atoms with Crippen LogP contribution in [-0.4, -0.2) is 18.7 Å². The van der Waals surface area contributed by atoms with E-state index in [0.29, 0.717) is 22.8 Å². The molecule has 1 atom stereocenters. The molecule has 5 heteroatoms. The first kappa shape index (κ1) is 24.9. The maximum atomic E-state index is 15.1. The number of carbonyl (C=O) groups is 1. The lowest BCUT2D eigenvalue weighted by Crippen LogP contribution is -2.25. The van der Waals surface area contributed by atoms with Gasteiger partial charge in [-0.05, 0) is 67.3 Å². The van der Waals surface area contributed by atoms with Crippen LogP contribution in [0.2, 0.25) is 0 Å². The van der Waals surface area contributed by atoms with Gasteiger partial charge in [0.15, 0.2) is 17.7 Å². The van der Waals surface area contributed by atoms with Gasteiger partial charge >= 0.3 is 5.97 Å². The summed E-state index contributed by atoms with van der Waals surface area (Å²) in [6.45, 7) is 5.90. The summed E-state index contributed by atoms with van der Waals surface area (Å²) in [6, 6.07) is 17.6. The molecule has 1 aliphatic rings. The molecular weight excluding hydrogens is 446 g/mol. The highest BCUT2D eigenvalue weighted by Gasteiger charge is 2.21. The summed E-state index contributed by atoms with van der Waals surface area (Å²) in [6.07, 6.45) is 4.09. The van der Waals surface area contributed by atoms with Crippen molar-refractivity contribution >= 4 is 5.97 Å². The van der Waals surface area contributed by atoms with Crippen LogP contribution in [0, 0.1) is 17.6 Å². The molecular formula is C30H32F2O3. The van der Waals surface area contributed by atoms with Gasteiger partial charge in [-0.25, -0.2) is 13.6 Å². The Kier molecular flexibility index (Phi) is 7.84. The van der Waals surface area contributed by atoms with Crippen molar-refractivity contribution in [1.82, 2.24) is 0 Å². The summed E-state index contributed by atoms with van der Waals surface area (Å²) in [5, 5.41) is 0. The second-order valence-electron chi connectivity index (χ2n) is 9.40. The minimum absolute atomic E-state index is 0.171. The van der Waals surface area contributed by atoms with E-state index in [1.165, 1.54) is 31.2 Å². The molecule has 1 fully saturated rings. The van der Waals surface area contributed by atoms with Crippen LogP contribution in [0.3, 0.4) is 0 Å². The van der Waals surface area contributed by atoms with Gasteiger partial charge in [0.2, 0.25) is 0 Å². The van der Waals surface area contributed by atoms with Gasteiger partial charge in [0.25, 0.3) is 0 Å². The molecule has 1 saturated carbocycles. The van der Waals surface area contributed by atoms with Gasteiger partial charge < -0.3 is 9.47 Å². The number of hydrogen-bond acceptors (Lipinski definition) is 3. The fourth-order valence-electron chi connectivity index (χ4n) is 4.75. The third-order valence-electron chi connectivity index (χ3n) is 6.89. The third-order valence-corrected chi connectivity index (χ3v) is 6.89. The molecule has 35 heavy (non-hydrogen) atoms. The molecule has 0 amide bonds. The minimum Gasteiger partial charge on any atom is -0.479 e. The number of esters is 1. The van der Waals surface area contributed by atoms with Crippen LogP contribution in [-0.2, 0) is 9.53 Å². The van der Waals surface area contributed by atoms with Gasteiger partial charge in [0.05, 0.1) is 6.61 Å². The minimum atomic E-state index is -0.888. The first-order valence-corrected chi connectivity index (χ1v) is 12.4.